The molecule has 0 fully saturated rings. The lowest BCUT2D eigenvalue weighted by Gasteiger charge is -2.03. The van der Waals surface area contributed by atoms with Gasteiger partial charge < -0.3 is 11.1 Å². The third-order valence-corrected chi connectivity index (χ3v) is 3.83. The second kappa shape index (κ2) is 6.25. The van der Waals surface area contributed by atoms with E-state index in [4.69, 9.17) is 5.73 Å². The van der Waals surface area contributed by atoms with Gasteiger partial charge in [-0.15, -0.1) is 5.10 Å². The van der Waals surface area contributed by atoms with E-state index in [-0.39, 0.29) is 11.7 Å². The number of carbonyl (C=O) groups excluding carboxylic acids is 1. The molecule has 8 nitrogen and oxygen atoms in total. The molecule has 0 bridgehead atoms. The van der Waals surface area contributed by atoms with Gasteiger partial charge in [0.1, 0.15) is 0 Å². The number of nitrogens with zero attached hydrogens (tertiary/aromatic N) is 5. The Balaban J connectivity index is 1.63. The van der Waals surface area contributed by atoms with Crippen molar-refractivity contribution in [3.05, 3.63) is 60.3 Å². The molecule has 0 saturated carbocycles. The van der Waals surface area contributed by atoms with Crippen LogP contribution < -0.4 is 11.1 Å². The molecule has 0 radical (unpaired) electrons. The predicted molar refractivity (Wildman–Crippen MR) is 98.6 cm³/mol. The van der Waals surface area contributed by atoms with Crippen LogP contribution >= 0.6 is 0 Å². The van der Waals surface area contributed by atoms with Crippen LogP contribution in [0.1, 0.15) is 17.3 Å². The average molecular weight is 345 g/mol. The Hall–Kier alpha value is -3.81. The van der Waals surface area contributed by atoms with E-state index in [0.29, 0.717) is 17.3 Å². The van der Waals surface area contributed by atoms with Gasteiger partial charge in [-0.2, -0.15) is 9.67 Å². The largest absolute Gasteiger partial charge is 0.368 e. The van der Waals surface area contributed by atoms with E-state index in [1.807, 2.05) is 24.3 Å². The Bertz CT molecular complexity index is 1100. The number of nitrogens with two attached hydrogens (primary N) is 1. The molecule has 0 atom stereocenters. The van der Waals surface area contributed by atoms with Crippen molar-refractivity contribution in [2.45, 2.75) is 6.92 Å². The van der Waals surface area contributed by atoms with E-state index < -0.39 is 0 Å². The van der Waals surface area contributed by atoms with Crippen LogP contribution in [-0.2, 0) is 0 Å². The van der Waals surface area contributed by atoms with Crippen molar-refractivity contribution >= 4 is 34.4 Å². The number of benzene rings is 2. The summed E-state index contributed by atoms with van der Waals surface area (Å²) in [7, 11) is 0. The maximum Gasteiger partial charge on any atom is 0.248 e. The lowest BCUT2D eigenvalue weighted by Crippen LogP contribution is -2.05. The Kier molecular flexibility index (Phi) is 3.77. The van der Waals surface area contributed by atoms with Gasteiger partial charge in [0.05, 0.1) is 17.2 Å². The van der Waals surface area contributed by atoms with Crippen LogP contribution in [0.5, 0.6) is 0 Å². The van der Waals surface area contributed by atoms with Gasteiger partial charge >= 0.3 is 0 Å². The lowest BCUT2D eigenvalue weighted by molar-refractivity contribution is 0.101. The monoisotopic (exact) mass is 345 g/mol. The first kappa shape index (κ1) is 15.7. The molecule has 0 aliphatic rings. The molecular weight excluding hydrogens is 330 g/mol. The predicted octanol–water partition coefficient (Wildman–Crippen LogP) is 2.74. The van der Waals surface area contributed by atoms with Crippen LogP contribution in [0.2, 0.25) is 0 Å². The van der Waals surface area contributed by atoms with E-state index in [1.54, 1.807) is 30.5 Å². The highest BCUT2D eigenvalue weighted by Gasteiger charge is 2.11. The number of hydrogen-bond acceptors (Lipinski definition) is 7. The van der Waals surface area contributed by atoms with Crippen molar-refractivity contribution in [2.75, 3.05) is 11.1 Å². The molecule has 2 aromatic carbocycles. The molecule has 8 heteroatoms. The molecule has 26 heavy (non-hydrogen) atoms. The van der Waals surface area contributed by atoms with Crippen molar-refractivity contribution in [2.24, 2.45) is 0 Å². The highest BCUT2D eigenvalue weighted by atomic mass is 16.1. The van der Waals surface area contributed by atoms with Gasteiger partial charge in [-0.1, -0.05) is 12.1 Å². The minimum absolute atomic E-state index is 0.0121. The minimum atomic E-state index is 0.0121. The fraction of sp³-hybridized carbons (Fsp3) is 0.0556. The third kappa shape index (κ3) is 2.95. The molecule has 128 valence electrons. The van der Waals surface area contributed by atoms with Crippen molar-refractivity contribution in [3.63, 3.8) is 0 Å². The number of nitrogen functional groups attached to an aromatic ring is 1. The zero-order valence-electron chi connectivity index (χ0n) is 13.9. The van der Waals surface area contributed by atoms with Gasteiger partial charge in [-0.05, 0) is 43.3 Å². The smallest absolute Gasteiger partial charge is 0.248 e. The van der Waals surface area contributed by atoms with Gasteiger partial charge in [0.2, 0.25) is 11.9 Å². The standard InChI is InChI=1S/C18H15N7O/c1-11(26)12-6-8-13(9-7-12)21-18-23-17(19)25(24-18)16-10-20-14-4-2-3-5-15(14)22-16/h2-10H,1H3,(H3,19,21,23,24). The molecule has 0 aliphatic carbocycles. The molecule has 0 spiro atoms. The van der Waals surface area contributed by atoms with E-state index in [9.17, 15) is 4.79 Å². The summed E-state index contributed by atoms with van der Waals surface area (Å²) < 4.78 is 1.42. The number of fused-ring (bicyclic) bond motifs is 1. The molecule has 0 aliphatic heterocycles. The van der Waals surface area contributed by atoms with Crippen molar-refractivity contribution in [3.8, 4) is 5.82 Å². The van der Waals surface area contributed by atoms with E-state index >= 15 is 0 Å². The minimum Gasteiger partial charge on any atom is -0.368 e. The number of Topliss-reactive ketones (excluding diaryl/α,β-unsaturated/α-hetero) is 1. The topological polar surface area (TPSA) is 112 Å². The van der Waals surface area contributed by atoms with Crippen LogP contribution in [0.3, 0.4) is 0 Å². The van der Waals surface area contributed by atoms with E-state index in [2.05, 4.69) is 25.4 Å². The first-order valence-electron chi connectivity index (χ1n) is 7.93. The Morgan fingerprint density at radius 2 is 1.77 bits per heavy atom. The van der Waals surface area contributed by atoms with Crippen LogP contribution in [0, 0.1) is 0 Å². The van der Waals surface area contributed by atoms with Crippen molar-refractivity contribution in [1.29, 1.82) is 0 Å². The summed E-state index contributed by atoms with van der Waals surface area (Å²) in [6, 6.07) is 14.6. The van der Waals surface area contributed by atoms with Crippen LogP contribution in [0.4, 0.5) is 17.6 Å². The number of para-hydroxylation sites is 2. The van der Waals surface area contributed by atoms with Gasteiger partial charge in [0, 0.05) is 11.3 Å². The quantitative estimate of drug-likeness (QED) is 0.547. The maximum absolute atomic E-state index is 11.3. The zero-order chi connectivity index (χ0) is 18.1. The van der Waals surface area contributed by atoms with Crippen LogP contribution in [-0.4, -0.2) is 30.5 Å². The maximum atomic E-state index is 11.3. The molecule has 2 heterocycles. The number of ketones is 1. The van der Waals surface area contributed by atoms with Gasteiger partial charge in [0.25, 0.3) is 0 Å². The van der Waals surface area contributed by atoms with Crippen LogP contribution in [0.25, 0.3) is 16.9 Å². The summed E-state index contributed by atoms with van der Waals surface area (Å²) >= 11 is 0. The molecule has 0 saturated heterocycles. The van der Waals surface area contributed by atoms with Gasteiger partial charge in [-0.25, -0.2) is 4.98 Å². The fourth-order valence-electron chi connectivity index (χ4n) is 2.51. The summed E-state index contributed by atoms with van der Waals surface area (Å²) in [6.45, 7) is 1.52. The lowest BCUT2D eigenvalue weighted by atomic mass is 10.1. The van der Waals surface area contributed by atoms with Crippen molar-refractivity contribution in [1.82, 2.24) is 24.7 Å². The average Bonchev–Trinajstić information content (AvgIpc) is 3.02. The van der Waals surface area contributed by atoms with E-state index in [0.717, 1.165) is 16.7 Å². The highest BCUT2D eigenvalue weighted by molar-refractivity contribution is 5.94. The molecule has 3 N–H and O–H groups in total. The molecule has 0 amide bonds. The first-order chi connectivity index (χ1) is 12.6. The molecule has 4 aromatic rings. The Morgan fingerprint density at radius 1 is 1.04 bits per heavy atom. The summed E-state index contributed by atoms with van der Waals surface area (Å²) in [5.74, 6) is 1.01. The number of aromatic nitrogens is 5. The van der Waals surface area contributed by atoms with Gasteiger partial charge in [0.15, 0.2) is 11.6 Å². The number of rotatable bonds is 4. The normalized spacial score (nSPS) is 10.8. The second-order valence-corrected chi connectivity index (χ2v) is 5.68. The van der Waals surface area contributed by atoms with Crippen molar-refractivity contribution < 1.29 is 4.79 Å². The summed E-state index contributed by atoms with van der Waals surface area (Å²) in [5, 5.41) is 7.40. The summed E-state index contributed by atoms with van der Waals surface area (Å²) in [4.78, 5) is 24.4. The number of hydrogen-bond donors (Lipinski definition) is 2. The fourth-order valence-corrected chi connectivity index (χ4v) is 2.51. The number of nitrogens with one attached hydrogen (secondary N) is 1. The zero-order valence-corrected chi connectivity index (χ0v) is 13.9. The van der Waals surface area contributed by atoms with E-state index in [1.165, 1.54) is 11.6 Å². The molecule has 4 rings (SSSR count). The molecule has 2 aromatic heterocycles. The van der Waals surface area contributed by atoms with Gasteiger partial charge in [-0.3, -0.25) is 9.78 Å². The number of anilines is 3. The third-order valence-electron chi connectivity index (χ3n) is 3.83. The molecular formula is C18H15N7O. The highest BCUT2D eigenvalue weighted by Crippen LogP contribution is 2.18. The summed E-state index contributed by atoms with van der Waals surface area (Å²) in [5.41, 5.74) is 8.89. The number of carbonyl (C=O) groups is 1. The van der Waals surface area contributed by atoms with Crippen LogP contribution in [0.15, 0.2) is 54.7 Å². The SMILES string of the molecule is CC(=O)c1ccc(Nc2nc(N)n(-c3cnc4ccccc4n3)n2)cc1. The molecule has 0 unspecified atom stereocenters. The second-order valence-electron chi connectivity index (χ2n) is 5.68. The Labute approximate surface area is 148 Å². The summed E-state index contributed by atoms with van der Waals surface area (Å²) in [6.07, 6.45) is 1.60. The first-order valence-corrected chi connectivity index (χ1v) is 7.93. The Morgan fingerprint density at radius 3 is 2.50 bits per heavy atom.